The minimum Gasteiger partial charge on any atom is -0.394 e. The molecular weight excluding hydrogens is 302 g/mol. The predicted molar refractivity (Wildman–Crippen MR) is 72.9 cm³/mol. The molecule has 0 radical (unpaired) electrons. The Kier molecular flexibility index (Phi) is 3.30. The van der Waals surface area contributed by atoms with Gasteiger partial charge in [0.25, 0.3) is 5.91 Å². The zero-order chi connectivity index (χ0) is 15.3. The van der Waals surface area contributed by atoms with Crippen LogP contribution in [0.4, 0.5) is 0 Å². The molecule has 3 rings (SSSR count). The summed E-state index contributed by atoms with van der Waals surface area (Å²) in [6.07, 6.45) is -4.83. The summed E-state index contributed by atoms with van der Waals surface area (Å²) in [7, 11) is 0. The molecule has 1 amide bonds. The van der Waals surface area contributed by atoms with Gasteiger partial charge in [0.1, 0.15) is 18.3 Å². The molecule has 5 N–H and O–H groups in total. The maximum Gasteiger partial charge on any atom is 0.280 e. The van der Waals surface area contributed by atoms with Gasteiger partial charge in [0, 0.05) is 0 Å². The number of guanidine groups is 1. The van der Waals surface area contributed by atoms with Crippen LogP contribution in [0.15, 0.2) is 9.98 Å². The lowest BCUT2D eigenvalue weighted by atomic mass is 10.1. The van der Waals surface area contributed by atoms with E-state index in [0.717, 1.165) is 4.90 Å². The molecule has 0 aromatic carbocycles. The van der Waals surface area contributed by atoms with E-state index in [4.69, 9.17) is 27.5 Å². The van der Waals surface area contributed by atoms with Gasteiger partial charge < -0.3 is 20.1 Å². The SMILES string of the molecule is N=C1N=C2C(=NC(=S)N2C2OC(CO)C(O)C2O)C(=O)N1. The molecule has 1 saturated heterocycles. The molecule has 0 bridgehead atoms. The molecule has 3 aliphatic rings. The smallest absolute Gasteiger partial charge is 0.280 e. The highest BCUT2D eigenvalue weighted by atomic mass is 32.1. The van der Waals surface area contributed by atoms with E-state index in [1.54, 1.807) is 0 Å². The quantitative estimate of drug-likeness (QED) is 0.339. The van der Waals surface area contributed by atoms with Gasteiger partial charge in [-0.1, -0.05) is 0 Å². The lowest BCUT2D eigenvalue weighted by Crippen LogP contribution is -2.53. The molecule has 21 heavy (non-hydrogen) atoms. The lowest BCUT2D eigenvalue weighted by Gasteiger charge is -2.28. The number of rotatable bonds is 2. The number of hydrogen-bond donors (Lipinski definition) is 5. The Morgan fingerprint density at radius 1 is 1.38 bits per heavy atom. The van der Waals surface area contributed by atoms with Crippen LogP contribution in [0.25, 0.3) is 0 Å². The second-order valence-electron chi connectivity index (χ2n) is 4.58. The van der Waals surface area contributed by atoms with Crippen LogP contribution in [-0.4, -0.2) is 79.9 Å². The topological polar surface area (TPSA) is 151 Å². The summed E-state index contributed by atoms with van der Waals surface area (Å²) in [5, 5.41) is 38.4. The fourth-order valence-corrected chi connectivity index (χ4v) is 2.57. The first-order valence-corrected chi connectivity index (χ1v) is 6.38. The fourth-order valence-electron chi connectivity index (χ4n) is 2.29. The molecule has 0 aliphatic carbocycles. The largest absolute Gasteiger partial charge is 0.394 e. The summed E-state index contributed by atoms with van der Waals surface area (Å²) in [5.41, 5.74) is -0.0891. The maximum absolute atomic E-state index is 11.7. The Balaban J connectivity index is 1.95. The van der Waals surface area contributed by atoms with E-state index in [0.29, 0.717) is 0 Å². The van der Waals surface area contributed by atoms with E-state index < -0.39 is 43.0 Å². The van der Waals surface area contributed by atoms with Gasteiger partial charge in [-0.2, -0.15) is 4.99 Å². The average molecular weight is 313 g/mol. The monoisotopic (exact) mass is 313 g/mol. The van der Waals surface area contributed by atoms with Gasteiger partial charge in [-0.05, 0) is 12.2 Å². The molecule has 3 aliphatic heterocycles. The standard InChI is InChI=1S/C10H11N5O5S/c11-9-13-6-3(7(19)14-9)12-10(21)15(6)8-5(18)4(17)2(1-16)20-8/h2,4-5,8,16-18H,1H2,(H2,11,14,19). The van der Waals surface area contributed by atoms with E-state index in [1.165, 1.54) is 0 Å². The second kappa shape index (κ2) is 4.89. The number of aliphatic hydroxyl groups excluding tert-OH is 3. The number of carbonyl (C=O) groups is 1. The number of aliphatic hydroxyl groups is 3. The summed E-state index contributed by atoms with van der Waals surface area (Å²) in [6, 6.07) is 0. The van der Waals surface area contributed by atoms with Crippen molar-refractivity contribution >= 4 is 40.7 Å². The number of carbonyl (C=O) groups excluding carboxylic acids is 1. The third-order valence-corrected chi connectivity index (χ3v) is 3.58. The van der Waals surface area contributed by atoms with Crippen molar-refractivity contribution in [2.24, 2.45) is 9.98 Å². The number of nitrogens with one attached hydrogen (secondary N) is 2. The van der Waals surface area contributed by atoms with Crippen LogP contribution in [0.1, 0.15) is 0 Å². The number of ether oxygens (including phenoxy) is 1. The maximum atomic E-state index is 11.7. The van der Waals surface area contributed by atoms with Crippen molar-refractivity contribution < 1.29 is 24.9 Å². The second-order valence-corrected chi connectivity index (χ2v) is 4.95. The van der Waals surface area contributed by atoms with Gasteiger partial charge in [-0.25, -0.2) is 4.99 Å². The number of thiocarbonyl (C=S) groups is 1. The third-order valence-electron chi connectivity index (χ3n) is 3.29. The average Bonchev–Trinajstić information content (AvgIpc) is 2.89. The number of fused-ring (bicyclic) bond motifs is 1. The van der Waals surface area contributed by atoms with Crippen LogP contribution in [0.3, 0.4) is 0 Å². The summed E-state index contributed by atoms with van der Waals surface area (Å²) < 4.78 is 5.34. The van der Waals surface area contributed by atoms with Gasteiger partial charge in [-0.15, -0.1) is 0 Å². The number of nitrogens with zero attached hydrogens (tertiary/aromatic N) is 3. The molecule has 0 saturated carbocycles. The normalized spacial score (nSPS) is 35.6. The zero-order valence-corrected chi connectivity index (χ0v) is 11.2. The van der Waals surface area contributed by atoms with Crippen LogP contribution < -0.4 is 5.32 Å². The summed E-state index contributed by atoms with van der Waals surface area (Å²) in [4.78, 5) is 20.6. The van der Waals surface area contributed by atoms with Crippen molar-refractivity contribution in [3.63, 3.8) is 0 Å². The molecule has 4 atom stereocenters. The van der Waals surface area contributed by atoms with E-state index >= 15 is 0 Å². The Morgan fingerprint density at radius 2 is 2.10 bits per heavy atom. The van der Waals surface area contributed by atoms with Crippen molar-refractivity contribution in [2.45, 2.75) is 24.5 Å². The number of amidine groups is 1. The minimum atomic E-state index is -1.38. The molecule has 4 unspecified atom stereocenters. The highest BCUT2D eigenvalue weighted by Crippen LogP contribution is 2.27. The van der Waals surface area contributed by atoms with Gasteiger partial charge in [0.2, 0.25) is 11.1 Å². The number of aliphatic imine (C=N–C) groups is 2. The summed E-state index contributed by atoms with van der Waals surface area (Å²) >= 11 is 5.02. The zero-order valence-electron chi connectivity index (χ0n) is 10.4. The van der Waals surface area contributed by atoms with Crippen LogP contribution in [-0.2, 0) is 9.53 Å². The van der Waals surface area contributed by atoms with E-state index in [-0.39, 0.29) is 16.7 Å². The van der Waals surface area contributed by atoms with Gasteiger partial charge in [0.05, 0.1) is 6.61 Å². The van der Waals surface area contributed by atoms with Crippen LogP contribution in [0.5, 0.6) is 0 Å². The van der Waals surface area contributed by atoms with Crippen LogP contribution in [0, 0.1) is 5.41 Å². The first kappa shape index (κ1) is 14.2. The number of hydrogen-bond acceptors (Lipinski definition) is 7. The highest BCUT2D eigenvalue weighted by Gasteiger charge is 2.50. The number of amides is 1. The minimum absolute atomic E-state index is 0.0245. The van der Waals surface area contributed by atoms with Crippen molar-refractivity contribution in [2.75, 3.05) is 6.61 Å². The Bertz CT molecular complexity index is 605. The van der Waals surface area contributed by atoms with E-state index in [1.807, 2.05) is 0 Å². The summed E-state index contributed by atoms with van der Waals surface area (Å²) in [5.74, 6) is -1.06. The van der Waals surface area contributed by atoms with E-state index in [9.17, 15) is 15.0 Å². The summed E-state index contributed by atoms with van der Waals surface area (Å²) in [6.45, 7) is -0.494. The fraction of sp³-hybridized carbons (Fsp3) is 0.500. The molecule has 1 fully saturated rings. The van der Waals surface area contributed by atoms with Gasteiger partial charge in [-0.3, -0.25) is 20.4 Å². The van der Waals surface area contributed by atoms with Gasteiger partial charge in [0.15, 0.2) is 17.8 Å². The molecule has 0 aromatic rings. The third kappa shape index (κ3) is 2.06. The van der Waals surface area contributed by atoms with Crippen LogP contribution in [0.2, 0.25) is 0 Å². The van der Waals surface area contributed by atoms with Gasteiger partial charge >= 0.3 is 0 Å². The molecule has 11 heteroatoms. The molecule has 3 heterocycles. The Hall–Kier alpha value is -1.79. The molecule has 0 spiro atoms. The first-order valence-electron chi connectivity index (χ1n) is 5.97. The molecule has 112 valence electrons. The molecular formula is C10H11N5O5S. The Morgan fingerprint density at radius 3 is 2.71 bits per heavy atom. The van der Waals surface area contributed by atoms with Crippen molar-refractivity contribution in [1.82, 2.24) is 10.2 Å². The predicted octanol–water partition coefficient (Wildman–Crippen LogP) is -3.07. The van der Waals surface area contributed by atoms with Crippen LogP contribution >= 0.6 is 12.2 Å². The van der Waals surface area contributed by atoms with Crippen molar-refractivity contribution in [1.29, 1.82) is 5.41 Å². The lowest BCUT2D eigenvalue weighted by molar-refractivity contribution is -0.113. The Labute approximate surface area is 123 Å². The highest BCUT2D eigenvalue weighted by molar-refractivity contribution is 7.80. The first-order chi connectivity index (χ1) is 9.93. The molecule has 0 aromatic heterocycles. The van der Waals surface area contributed by atoms with Crippen molar-refractivity contribution in [3.05, 3.63) is 0 Å². The van der Waals surface area contributed by atoms with Crippen molar-refractivity contribution in [3.8, 4) is 0 Å². The van der Waals surface area contributed by atoms with E-state index in [2.05, 4.69) is 15.3 Å². The molecule has 10 nitrogen and oxygen atoms in total.